The van der Waals surface area contributed by atoms with Gasteiger partial charge in [0, 0.05) is 23.9 Å². The molecule has 1 aliphatic rings. The van der Waals surface area contributed by atoms with Crippen LogP contribution in [0.2, 0.25) is 0 Å². The number of nitrogens with zero attached hydrogens (tertiary/aromatic N) is 4. The summed E-state index contributed by atoms with van der Waals surface area (Å²) in [6.45, 7) is 7.97. The summed E-state index contributed by atoms with van der Waals surface area (Å²) in [5.74, 6) is 1.01. The Labute approximate surface area is 133 Å². The van der Waals surface area contributed by atoms with E-state index in [0.717, 1.165) is 24.3 Å². The van der Waals surface area contributed by atoms with Crippen LogP contribution in [0.5, 0.6) is 0 Å². The molecule has 2 aromatic heterocycles. The molecule has 0 saturated carbocycles. The molecule has 0 radical (unpaired) electrons. The summed E-state index contributed by atoms with van der Waals surface area (Å²) < 4.78 is 0. The van der Waals surface area contributed by atoms with Gasteiger partial charge in [0.15, 0.2) is 5.82 Å². The fraction of sp³-hybridized carbons (Fsp3) is 0.600. The number of aromatic nitrogens is 4. The Balaban J connectivity index is 1.73. The second-order valence-electron chi connectivity index (χ2n) is 6.77. The molecule has 1 atom stereocenters. The van der Waals surface area contributed by atoms with Gasteiger partial charge in [0.2, 0.25) is 0 Å². The molecule has 0 aliphatic carbocycles. The average Bonchev–Trinajstić information content (AvgIpc) is 3.17. The number of H-pyrrole nitrogens is 1. The van der Waals surface area contributed by atoms with E-state index in [-0.39, 0.29) is 17.2 Å². The van der Waals surface area contributed by atoms with E-state index >= 15 is 0 Å². The van der Waals surface area contributed by atoms with Crippen LogP contribution in [0.3, 0.4) is 0 Å². The van der Waals surface area contributed by atoms with Crippen LogP contribution in [0.1, 0.15) is 59.9 Å². The van der Waals surface area contributed by atoms with Crippen molar-refractivity contribution in [3.8, 4) is 0 Å². The van der Waals surface area contributed by atoms with E-state index in [2.05, 4.69) is 47.5 Å². The zero-order valence-corrected chi connectivity index (χ0v) is 14.0. The van der Waals surface area contributed by atoms with Crippen molar-refractivity contribution >= 4 is 17.2 Å². The number of amides is 1. The van der Waals surface area contributed by atoms with Gasteiger partial charge in [-0.05, 0) is 30.4 Å². The first-order valence-corrected chi connectivity index (χ1v) is 8.40. The second kappa shape index (κ2) is 5.79. The van der Waals surface area contributed by atoms with Crippen molar-refractivity contribution in [2.24, 2.45) is 0 Å². The van der Waals surface area contributed by atoms with Crippen molar-refractivity contribution in [1.29, 1.82) is 0 Å². The van der Waals surface area contributed by atoms with Crippen molar-refractivity contribution < 1.29 is 4.79 Å². The van der Waals surface area contributed by atoms with Crippen LogP contribution in [0.25, 0.3) is 0 Å². The Bertz CT molecular complexity index is 643. The number of hydrogen-bond acceptors (Lipinski definition) is 5. The maximum Gasteiger partial charge on any atom is 0.263 e. The van der Waals surface area contributed by atoms with E-state index in [9.17, 15) is 4.79 Å². The number of tetrazole rings is 1. The summed E-state index contributed by atoms with van der Waals surface area (Å²) in [5, 5.41) is 14.2. The number of carbonyl (C=O) groups excluding carboxylic acids is 1. The van der Waals surface area contributed by atoms with E-state index < -0.39 is 0 Å². The van der Waals surface area contributed by atoms with E-state index in [4.69, 9.17) is 0 Å². The quantitative estimate of drug-likeness (QED) is 0.923. The molecular formula is C15H21N5OS. The van der Waals surface area contributed by atoms with Crippen LogP contribution in [-0.2, 0) is 5.41 Å². The number of carbonyl (C=O) groups is 1. The minimum absolute atomic E-state index is 0.0816. The van der Waals surface area contributed by atoms with Gasteiger partial charge in [-0.1, -0.05) is 26.0 Å². The van der Waals surface area contributed by atoms with Gasteiger partial charge in [0.05, 0.1) is 4.88 Å². The maximum atomic E-state index is 12.7. The largest absolute Gasteiger partial charge is 0.337 e. The molecule has 1 fully saturated rings. The molecule has 7 heteroatoms. The first kappa shape index (κ1) is 15.1. The van der Waals surface area contributed by atoms with Crippen molar-refractivity contribution in [2.75, 3.05) is 13.1 Å². The zero-order chi connectivity index (χ0) is 15.7. The molecule has 1 saturated heterocycles. The molecule has 118 valence electrons. The van der Waals surface area contributed by atoms with Gasteiger partial charge in [-0.3, -0.25) is 4.79 Å². The summed E-state index contributed by atoms with van der Waals surface area (Å²) >= 11 is 1.60. The van der Waals surface area contributed by atoms with E-state index in [0.29, 0.717) is 12.4 Å². The number of aromatic amines is 1. The molecule has 3 heterocycles. The van der Waals surface area contributed by atoms with Crippen LogP contribution in [0, 0.1) is 0 Å². The van der Waals surface area contributed by atoms with Crippen LogP contribution in [-0.4, -0.2) is 44.5 Å². The number of thiophene rings is 1. The lowest BCUT2D eigenvalue weighted by Gasteiger charge is -2.31. The molecule has 0 bridgehead atoms. The minimum atomic E-state index is 0.0816. The summed E-state index contributed by atoms with van der Waals surface area (Å²) in [6, 6.07) is 4.02. The van der Waals surface area contributed by atoms with Crippen LogP contribution in [0.4, 0.5) is 0 Å². The first-order valence-electron chi connectivity index (χ1n) is 7.58. The number of piperidine rings is 1. The zero-order valence-electron chi connectivity index (χ0n) is 13.2. The molecule has 0 aromatic carbocycles. The number of nitrogens with one attached hydrogen (secondary N) is 1. The van der Waals surface area contributed by atoms with Gasteiger partial charge in [-0.15, -0.1) is 21.5 Å². The second-order valence-corrected chi connectivity index (χ2v) is 7.86. The van der Waals surface area contributed by atoms with Crippen molar-refractivity contribution in [3.63, 3.8) is 0 Å². The Kier molecular flexibility index (Phi) is 3.99. The Morgan fingerprint density at radius 2 is 2.23 bits per heavy atom. The molecule has 0 spiro atoms. The molecule has 1 aliphatic heterocycles. The van der Waals surface area contributed by atoms with Gasteiger partial charge in [0.25, 0.3) is 5.91 Å². The highest BCUT2D eigenvalue weighted by atomic mass is 32.1. The highest BCUT2D eigenvalue weighted by Crippen LogP contribution is 2.31. The van der Waals surface area contributed by atoms with E-state index in [1.165, 1.54) is 4.88 Å². The third-order valence-corrected chi connectivity index (χ3v) is 5.49. The van der Waals surface area contributed by atoms with E-state index in [1.54, 1.807) is 11.3 Å². The van der Waals surface area contributed by atoms with Gasteiger partial charge in [-0.25, -0.2) is 0 Å². The molecule has 2 aromatic rings. The SMILES string of the molecule is CC(C)(C)c1ccc(C(=O)N2CCC[C@@H](c3nn[nH]n3)C2)s1. The number of hydrogen-bond donors (Lipinski definition) is 1. The highest BCUT2D eigenvalue weighted by molar-refractivity contribution is 7.14. The molecule has 1 N–H and O–H groups in total. The fourth-order valence-electron chi connectivity index (χ4n) is 2.73. The molecule has 22 heavy (non-hydrogen) atoms. The summed E-state index contributed by atoms with van der Waals surface area (Å²) in [6.07, 6.45) is 1.98. The third kappa shape index (κ3) is 3.04. The normalized spacial score (nSPS) is 19.4. The fourth-order valence-corrected chi connectivity index (χ4v) is 3.76. The van der Waals surface area contributed by atoms with Crippen LogP contribution in [0.15, 0.2) is 12.1 Å². The van der Waals surface area contributed by atoms with Crippen LogP contribution < -0.4 is 0 Å². The van der Waals surface area contributed by atoms with Crippen LogP contribution >= 0.6 is 11.3 Å². The predicted molar refractivity (Wildman–Crippen MR) is 85.1 cm³/mol. The van der Waals surface area contributed by atoms with Crippen molar-refractivity contribution in [3.05, 3.63) is 27.7 Å². The minimum Gasteiger partial charge on any atom is -0.337 e. The van der Waals surface area contributed by atoms with Gasteiger partial charge in [0.1, 0.15) is 0 Å². The van der Waals surface area contributed by atoms with Crippen molar-refractivity contribution in [1.82, 2.24) is 25.5 Å². The lowest BCUT2D eigenvalue weighted by molar-refractivity contribution is 0.0709. The van der Waals surface area contributed by atoms with Crippen molar-refractivity contribution in [2.45, 2.75) is 44.9 Å². The topological polar surface area (TPSA) is 74.8 Å². The number of rotatable bonds is 2. The average molecular weight is 319 g/mol. The molecule has 0 unspecified atom stereocenters. The highest BCUT2D eigenvalue weighted by Gasteiger charge is 2.29. The van der Waals surface area contributed by atoms with Gasteiger partial charge >= 0.3 is 0 Å². The van der Waals surface area contributed by atoms with E-state index in [1.807, 2.05) is 11.0 Å². The van der Waals surface area contributed by atoms with Gasteiger partial charge < -0.3 is 4.90 Å². The molecule has 3 rings (SSSR count). The standard InChI is InChI=1S/C15H21N5OS/c1-15(2,3)12-7-6-11(22-12)14(21)20-8-4-5-10(9-20)13-16-18-19-17-13/h6-7,10H,4-5,8-9H2,1-3H3,(H,16,17,18,19)/t10-/m1/s1. The lowest BCUT2D eigenvalue weighted by Crippen LogP contribution is -2.39. The summed E-state index contributed by atoms with van der Waals surface area (Å²) in [5.41, 5.74) is 0.0816. The Morgan fingerprint density at radius 3 is 2.86 bits per heavy atom. The van der Waals surface area contributed by atoms with Gasteiger partial charge in [-0.2, -0.15) is 5.21 Å². The molecule has 6 nitrogen and oxygen atoms in total. The Hall–Kier alpha value is -1.76. The summed E-state index contributed by atoms with van der Waals surface area (Å²) in [7, 11) is 0. The smallest absolute Gasteiger partial charge is 0.263 e. The predicted octanol–water partition coefficient (Wildman–Crippen LogP) is 2.58. The first-order chi connectivity index (χ1) is 10.4. The molecule has 1 amide bonds. The summed E-state index contributed by atoms with van der Waals surface area (Å²) in [4.78, 5) is 16.7. The lowest BCUT2D eigenvalue weighted by atomic mass is 9.95. The molecular weight excluding hydrogens is 298 g/mol. The maximum absolute atomic E-state index is 12.7. The monoisotopic (exact) mass is 319 g/mol. The Morgan fingerprint density at radius 1 is 1.41 bits per heavy atom. The number of likely N-dealkylation sites (tertiary alicyclic amines) is 1. The third-order valence-electron chi connectivity index (χ3n) is 3.99.